The van der Waals surface area contributed by atoms with Gasteiger partial charge in [-0.05, 0) is 24.3 Å². The number of ether oxygens (including phenoxy) is 3. The minimum atomic E-state index is -3.86. The average molecular weight is 363 g/mol. The number of sulfonamides is 1. The second-order valence-electron chi connectivity index (χ2n) is 5.01. The molecule has 0 aliphatic carbocycles. The Morgan fingerprint density at radius 2 is 1.60 bits per heavy atom. The topological polar surface area (TPSA) is 65.1 Å². The molecule has 6 nitrogen and oxygen atoms in total. The third-order valence-electron chi connectivity index (χ3n) is 3.59. The molecular weight excluding hydrogens is 342 g/mol. The van der Waals surface area contributed by atoms with Gasteiger partial charge in [-0.15, -0.1) is 6.58 Å². The minimum absolute atomic E-state index is 0.0814. The fraction of sp³-hybridized carbons (Fsp3) is 0.222. The van der Waals surface area contributed by atoms with Crippen LogP contribution in [0.2, 0.25) is 0 Å². The van der Waals surface area contributed by atoms with Crippen LogP contribution in [-0.4, -0.2) is 36.3 Å². The maximum atomic E-state index is 13.2. The van der Waals surface area contributed by atoms with Crippen molar-refractivity contribution in [2.45, 2.75) is 4.90 Å². The van der Waals surface area contributed by atoms with Crippen molar-refractivity contribution in [2.24, 2.45) is 0 Å². The van der Waals surface area contributed by atoms with Crippen LogP contribution in [0, 0.1) is 0 Å². The Bertz CT molecular complexity index is 848. The first kappa shape index (κ1) is 18.7. The summed E-state index contributed by atoms with van der Waals surface area (Å²) in [4.78, 5) is 0.0814. The van der Waals surface area contributed by atoms with Crippen LogP contribution >= 0.6 is 0 Å². The van der Waals surface area contributed by atoms with Crippen molar-refractivity contribution >= 4 is 15.7 Å². The minimum Gasteiger partial charge on any atom is -0.495 e. The number of anilines is 1. The fourth-order valence-corrected chi connectivity index (χ4v) is 3.85. The first-order valence-electron chi connectivity index (χ1n) is 7.48. The van der Waals surface area contributed by atoms with E-state index in [1.807, 2.05) is 0 Å². The first-order valence-corrected chi connectivity index (χ1v) is 8.92. The van der Waals surface area contributed by atoms with Gasteiger partial charge in [-0.25, -0.2) is 8.42 Å². The monoisotopic (exact) mass is 363 g/mol. The molecule has 25 heavy (non-hydrogen) atoms. The molecule has 2 rings (SSSR count). The number of hydrogen-bond donors (Lipinski definition) is 0. The standard InChI is InChI=1S/C18H21NO5S/c1-5-12-19(15-8-6-7-9-16(15)22-2)25(20,21)14-10-11-17(23-3)18(13-14)24-4/h5-11,13H,1,12H2,2-4H3. The van der Waals surface area contributed by atoms with Gasteiger partial charge in [0.2, 0.25) is 0 Å². The van der Waals surface area contributed by atoms with E-state index < -0.39 is 10.0 Å². The van der Waals surface area contributed by atoms with E-state index in [1.54, 1.807) is 30.3 Å². The van der Waals surface area contributed by atoms with Crippen molar-refractivity contribution in [1.29, 1.82) is 0 Å². The van der Waals surface area contributed by atoms with E-state index in [9.17, 15) is 8.42 Å². The van der Waals surface area contributed by atoms with Crippen LogP contribution in [0.1, 0.15) is 0 Å². The maximum absolute atomic E-state index is 13.2. The Morgan fingerprint density at radius 3 is 2.20 bits per heavy atom. The highest BCUT2D eigenvalue weighted by atomic mass is 32.2. The summed E-state index contributed by atoms with van der Waals surface area (Å²) < 4.78 is 43.3. The van der Waals surface area contributed by atoms with Crippen molar-refractivity contribution in [3.63, 3.8) is 0 Å². The smallest absolute Gasteiger partial charge is 0.264 e. The molecule has 0 heterocycles. The van der Waals surface area contributed by atoms with Gasteiger partial charge in [0, 0.05) is 6.07 Å². The molecule has 2 aromatic rings. The van der Waals surface area contributed by atoms with Crippen LogP contribution in [0.5, 0.6) is 17.2 Å². The molecular formula is C18H21NO5S. The summed E-state index contributed by atoms with van der Waals surface area (Å²) >= 11 is 0. The van der Waals surface area contributed by atoms with Gasteiger partial charge in [-0.1, -0.05) is 18.2 Å². The molecule has 0 spiro atoms. The molecule has 0 unspecified atom stereocenters. The highest BCUT2D eigenvalue weighted by Gasteiger charge is 2.27. The molecule has 0 N–H and O–H groups in total. The maximum Gasteiger partial charge on any atom is 0.264 e. The molecule has 0 atom stereocenters. The highest BCUT2D eigenvalue weighted by Crippen LogP contribution is 2.35. The lowest BCUT2D eigenvalue weighted by molar-refractivity contribution is 0.354. The number of nitrogens with zero attached hydrogens (tertiary/aromatic N) is 1. The van der Waals surface area contributed by atoms with Crippen molar-refractivity contribution in [3.05, 3.63) is 55.1 Å². The zero-order valence-corrected chi connectivity index (χ0v) is 15.2. The second kappa shape index (κ2) is 7.94. The Hall–Kier alpha value is -2.67. The van der Waals surface area contributed by atoms with Crippen molar-refractivity contribution in [3.8, 4) is 17.2 Å². The van der Waals surface area contributed by atoms with Crippen LogP contribution in [0.3, 0.4) is 0 Å². The third-order valence-corrected chi connectivity index (χ3v) is 5.37. The lowest BCUT2D eigenvalue weighted by Crippen LogP contribution is -2.31. The number of benzene rings is 2. The zero-order valence-electron chi connectivity index (χ0n) is 14.4. The first-order chi connectivity index (χ1) is 12.0. The van der Waals surface area contributed by atoms with Crippen LogP contribution < -0.4 is 18.5 Å². The predicted octanol–water partition coefficient (Wildman–Crippen LogP) is 3.09. The van der Waals surface area contributed by atoms with E-state index in [1.165, 1.54) is 43.8 Å². The van der Waals surface area contributed by atoms with E-state index in [-0.39, 0.29) is 11.4 Å². The van der Waals surface area contributed by atoms with Crippen molar-refractivity contribution in [1.82, 2.24) is 0 Å². The van der Waals surface area contributed by atoms with Gasteiger partial charge in [0.15, 0.2) is 11.5 Å². The summed E-state index contributed by atoms with van der Waals surface area (Å²) in [6.45, 7) is 3.75. The van der Waals surface area contributed by atoms with Gasteiger partial charge in [-0.2, -0.15) is 0 Å². The van der Waals surface area contributed by atoms with Gasteiger partial charge in [0.25, 0.3) is 10.0 Å². The Labute approximate surface area is 148 Å². The van der Waals surface area contributed by atoms with Crippen LogP contribution in [0.4, 0.5) is 5.69 Å². The predicted molar refractivity (Wildman–Crippen MR) is 97.3 cm³/mol. The second-order valence-corrected chi connectivity index (χ2v) is 6.88. The van der Waals surface area contributed by atoms with Crippen molar-refractivity contribution < 1.29 is 22.6 Å². The summed E-state index contributed by atoms with van der Waals surface area (Å²) in [7, 11) is 0.579. The Balaban J connectivity index is 2.59. The lowest BCUT2D eigenvalue weighted by atomic mass is 10.3. The van der Waals surface area contributed by atoms with Crippen LogP contribution in [0.15, 0.2) is 60.0 Å². The van der Waals surface area contributed by atoms with Gasteiger partial charge in [0.1, 0.15) is 5.75 Å². The number of methoxy groups -OCH3 is 3. The molecule has 0 aliphatic rings. The van der Waals surface area contributed by atoms with Crippen LogP contribution in [-0.2, 0) is 10.0 Å². The van der Waals surface area contributed by atoms with Gasteiger partial charge < -0.3 is 14.2 Å². The van der Waals surface area contributed by atoms with Gasteiger partial charge in [-0.3, -0.25) is 4.31 Å². The molecule has 0 amide bonds. The molecule has 0 aliphatic heterocycles. The SMILES string of the molecule is C=CCN(c1ccccc1OC)S(=O)(=O)c1ccc(OC)c(OC)c1. The van der Waals surface area contributed by atoms with Gasteiger partial charge in [0.05, 0.1) is 38.5 Å². The summed E-state index contributed by atoms with van der Waals surface area (Å²) in [5.41, 5.74) is 0.430. The molecule has 7 heteroatoms. The van der Waals surface area contributed by atoms with E-state index in [4.69, 9.17) is 14.2 Å². The molecule has 0 aromatic heterocycles. The summed E-state index contributed by atoms with van der Waals surface area (Å²) in [6.07, 6.45) is 1.52. The van der Waals surface area contributed by atoms with Crippen molar-refractivity contribution in [2.75, 3.05) is 32.2 Å². The highest BCUT2D eigenvalue weighted by molar-refractivity contribution is 7.92. The molecule has 0 saturated heterocycles. The fourth-order valence-electron chi connectivity index (χ4n) is 2.38. The van der Waals surface area contributed by atoms with E-state index >= 15 is 0 Å². The normalized spacial score (nSPS) is 10.8. The molecule has 0 bridgehead atoms. The quantitative estimate of drug-likeness (QED) is 0.674. The number of para-hydroxylation sites is 2. The summed E-state index contributed by atoms with van der Waals surface area (Å²) in [5, 5.41) is 0. The Kier molecular flexibility index (Phi) is 5.93. The number of hydrogen-bond acceptors (Lipinski definition) is 5. The Morgan fingerprint density at radius 1 is 0.960 bits per heavy atom. The zero-order chi connectivity index (χ0) is 18.4. The van der Waals surface area contributed by atoms with E-state index in [0.717, 1.165) is 0 Å². The number of rotatable bonds is 8. The summed E-state index contributed by atoms with van der Waals surface area (Å²) in [5.74, 6) is 1.24. The average Bonchev–Trinajstić information content (AvgIpc) is 2.65. The third kappa shape index (κ3) is 3.71. The molecule has 0 fully saturated rings. The summed E-state index contributed by atoms with van der Waals surface area (Å²) in [6, 6.07) is 11.4. The van der Waals surface area contributed by atoms with Gasteiger partial charge >= 0.3 is 0 Å². The lowest BCUT2D eigenvalue weighted by Gasteiger charge is -2.25. The largest absolute Gasteiger partial charge is 0.495 e. The molecule has 134 valence electrons. The molecule has 2 aromatic carbocycles. The molecule has 0 radical (unpaired) electrons. The van der Waals surface area contributed by atoms with Crippen LogP contribution in [0.25, 0.3) is 0 Å². The molecule has 0 saturated carbocycles. The van der Waals surface area contributed by atoms with E-state index in [0.29, 0.717) is 22.9 Å². The van der Waals surface area contributed by atoms with E-state index in [2.05, 4.69) is 6.58 Å².